The van der Waals surface area contributed by atoms with Gasteiger partial charge in [-0.2, -0.15) is 0 Å². The van der Waals surface area contributed by atoms with E-state index in [0.717, 1.165) is 18.7 Å². The van der Waals surface area contributed by atoms with Gasteiger partial charge in [0.25, 0.3) is 5.91 Å². The van der Waals surface area contributed by atoms with Gasteiger partial charge in [0, 0.05) is 26.2 Å². The molecule has 3 rings (SSSR count). The van der Waals surface area contributed by atoms with E-state index in [9.17, 15) is 14.3 Å². The molecular formula is C21H25FN2O2. The van der Waals surface area contributed by atoms with E-state index in [1.54, 1.807) is 12.1 Å². The van der Waals surface area contributed by atoms with Crippen molar-refractivity contribution in [3.05, 3.63) is 71.0 Å². The van der Waals surface area contributed by atoms with Crippen molar-refractivity contribution in [2.75, 3.05) is 26.2 Å². The molecule has 0 spiro atoms. The molecule has 2 aromatic rings. The highest BCUT2D eigenvalue weighted by molar-refractivity contribution is 5.94. The van der Waals surface area contributed by atoms with Crippen LogP contribution in [0.25, 0.3) is 0 Å². The molecule has 4 nitrogen and oxygen atoms in total. The average molecular weight is 356 g/mol. The van der Waals surface area contributed by atoms with Gasteiger partial charge in [-0.05, 0) is 37.5 Å². The lowest BCUT2D eigenvalue weighted by atomic mass is 9.84. The Morgan fingerprint density at radius 3 is 2.46 bits per heavy atom. The number of hydrogen-bond donors (Lipinski definition) is 2. The number of nitrogens with zero attached hydrogens (tertiary/aromatic N) is 1. The number of amides is 1. The molecule has 1 amide bonds. The zero-order chi connectivity index (χ0) is 18.6. The predicted molar refractivity (Wildman–Crippen MR) is 99.5 cm³/mol. The molecule has 0 aliphatic carbocycles. The second-order valence-electron chi connectivity index (χ2n) is 6.97. The Hall–Kier alpha value is -2.24. The Kier molecular flexibility index (Phi) is 5.69. The number of likely N-dealkylation sites (tertiary alicyclic amines) is 1. The van der Waals surface area contributed by atoms with Crippen molar-refractivity contribution >= 4 is 5.91 Å². The molecule has 1 aliphatic heterocycles. The first kappa shape index (κ1) is 18.5. The van der Waals surface area contributed by atoms with Gasteiger partial charge in [-0.25, -0.2) is 4.39 Å². The monoisotopic (exact) mass is 356 g/mol. The number of carbonyl (C=O) groups is 1. The third-order valence-corrected chi connectivity index (χ3v) is 5.10. The highest BCUT2D eigenvalue weighted by Crippen LogP contribution is 2.32. The van der Waals surface area contributed by atoms with Crippen LogP contribution in [0.3, 0.4) is 0 Å². The summed E-state index contributed by atoms with van der Waals surface area (Å²) in [6.45, 7) is 4.70. The van der Waals surface area contributed by atoms with Gasteiger partial charge in [-0.3, -0.25) is 4.79 Å². The van der Waals surface area contributed by atoms with E-state index in [4.69, 9.17) is 0 Å². The van der Waals surface area contributed by atoms with E-state index >= 15 is 0 Å². The van der Waals surface area contributed by atoms with E-state index in [0.29, 0.717) is 25.9 Å². The molecule has 1 aliphatic rings. The van der Waals surface area contributed by atoms with Crippen molar-refractivity contribution in [3.63, 3.8) is 0 Å². The average Bonchev–Trinajstić information content (AvgIpc) is 2.64. The summed E-state index contributed by atoms with van der Waals surface area (Å²) in [6.07, 6.45) is 1.33. The van der Waals surface area contributed by atoms with Gasteiger partial charge in [0.2, 0.25) is 0 Å². The SMILES string of the molecule is Cc1ccc(C2(O)CCN(CCNC(=O)c3ccccc3F)CC2)cc1. The number of halogens is 1. The summed E-state index contributed by atoms with van der Waals surface area (Å²) in [5.41, 5.74) is 1.44. The van der Waals surface area contributed by atoms with Crippen LogP contribution in [0.2, 0.25) is 0 Å². The molecule has 0 atom stereocenters. The first-order chi connectivity index (χ1) is 12.5. The van der Waals surface area contributed by atoms with E-state index in [1.165, 1.54) is 17.7 Å². The van der Waals surface area contributed by atoms with Crippen molar-refractivity contribution in [3.8, 4) is 0 Å². The van der Waals surface area contributed by atoms with Gasteiger partial charge in [-0.1, -0.05) is 42.0 Å². The van der Waals surface area contributed by atoms with E-state index in [2.05, 4.69) is 10.2 Å². The van der Waals surface area contributed by atoms with Gasteiger partial charge in [0.05, 0.1) is 11.2 Å². The van der Waals surface area contributed by atoms with Gasteiger partial charge in [0.15, 0.2) is 0 Å². The van der Waals surface area contributed by atoms with Gasteiger partial charge in [0.1, 0.15) is 5.82 Å². The standard InChI is InChI=1S/C21H25FN2O2/c1-16-6-8-17(9-7-16)21(26)10-13-24(14-11-21)15-12-23-20(25)18-4-2-3-5-19(18)22/h2-9,26H,10-15H2,1H3,(H,23,25). The molecular weight excluding hydrogens is 331 g/mol. The molecule has 0 unspecified atom stereocenters. The maximum absolute atomic E-state index is 13.6. The molecule has 0 saturated carbocycles. The molecule has 138 valence electrons. The molecule has 1 heterocycles. The smallest absolute Gasteiger partial charge is 0.254 e. The van der Waals surface area contributed by atoms with Crippen LogP contribution in [0, 0.1) is 12.7 Å². The third-order valence-electron chi connectivity index (χ3n) is 5.10. The first-order valence-electron chi connectivity index (χ1n) is 9.02. The van der Waals surface area contributed by atoms with Crippen molar-refractivity contribution in [2.24, 2.45) is 0 Å². The van der Waals surface area contributed by atoms with E-state index < -0.39 is 17.3 Å². The topological polar surface area (TPSA) is 52.6 Å². The zero-order valence-corrected chi connectivity index (χ0v) is 15.0. The molecule has 0 radical (unpaired) electrons. The van der Waals surface area contributed by atoms with Crippen LogP contribution in [0.15, 0.2) is 48.5 Å². The zero-order valence-electron chi connectivity index (χ0n) is 15.0. The number of piperidine rings is 1. The summed E-state index contributed by atoms with van der Waals surface area (Å²) in [5.74, 6) is -0.901. The maximum Gasteiger partial charge on any atom is 0.254 e. The fourth-order valence-electron chi connectivity index (χ4n) is 3.37. The van der Waals surface area contributed by atoms with Gasteiger partial charge < -0.3 is 15.3 Å². The van der Waals surface area contributed by atoms with Crippen LogP contribution in [0.4, 0.5) is 4.39 Å². The Morgan fingerprint density at radius 1 is 1.15 bits per heavy atom. The molecule has 5 heteroatoms. The van der Waals surface area contributed by atoms with Gasteiger partial charge in [-0.15, -0.1) is 0 Å². The van der Waals surface area contributed by atoms with Crippen LogP contribution in [0.5, 0.6) is 0 Å². The fraction of sp³-hybridized carbons (Fsp3) is 0.381. The Balaban J connectivity index is 1.46. The lowest BCUT2D eigenvalue weighted by Gasteiger charge is -2.38. The van der Waals surface area contributed by atoms with Crippen LogP contribution in [0.1, 0.15) is 34.3 Å². The molecule has 1 saturated heterocycles. The minimum Gasteiger partial charge on any atom is -0.385 e. The van der Waals surface area contributed by atoms with Crippen molar-refractivity contribution in [1.82, 2.24) is 10.2 Å². The molecule has 26 heavy (non-hydrogen) atoms. The summed E-state index contributed by atoms with van der Waals surface area (Å²) in [4.78, 5) is 14.2. The molecule has 0 aromatic heterocycles. The highest BCUT2D eigenvalue weighted by Gasteiger charge is 2.33. The van der Waals surface area contributed by atoms with Crippen LogP contribution in [-0.2, 0) is 5.60 Å². The van der Waals surface area contributed by atoms with Crippen molar-refractivity contribution < 1.29 is 14.3 Å². The first-order valence-corrected chi connectivity index (χ1v) is 9.02. The van der Waals surface area contributed by atoms with E-state index in [1.807, 2.05) is 31.2 Å². The number of carbonyl (C=O) groups excluding carboxylic acids is 1. The quantitative estimate of drug-likeness (QED) is 0.866. The Morgan fingerprint density at radius 2 is 1.81 bits per heavy atom. The molecule has 2 aromatic carbocycles. The number of aliphatic hydroxyl groups is 1. The fourth-order valence-corrected chi connectivity index (χ4v) is 3.37. The molecule has 1 fully saturated rings. The minimum atomic E-state index is -0.777. The number of nitrogens with one attached hydrogen (secondary N) is 1. The third kappa shape index (κ3) is 4.29. The second kappa shape index (κ2) is 7.98. The predicted octanol–water partition coefficient (Wildman–Crippen LogP) is 2.85. The van der Waals surface area contributed by atoms with Crippen LogP contribution in [-0.4, -0.2) is 42.1 Å². The van der Waals surface area contributed by atoms with Crippen LogP contribution < -0.4 is 5.32 Å². The number of benzene rings is 2. The largest absolute Gasteiger partial charge is 0.385 e. The minimum absolute atomic E-state index is 0.0693. The summed E-state index contributed by atoms with van der Waals surface area (Å²) in [7, 11) is 0. The Bertz CT molecular complexity index is 753. The summed E-state index contributed by atoms with van der Waals surface area (Å²) in [5, 5.41) is 13.7. The normalized spacial score (nSPS) is 17.0. The van der Waals surface area contributed by atoms with Gasteiger partial charge >= 0.3 is 0 Å². The Labute approximate surface area is 153 Å². The number of hydrogen-bond acceptors (Lipinski definition) is 3. The van der Waals surface area contributed by atoms with Crippen LogP contribution >= 0.6 is 0 Å². The van der Waals surface area contributed by atoms with Crippen molar-refractivity contribution in [2.45, 2.75) is 25.4 Å². The second-order valence-corrected chi connectivity index (χ2v) is 6.97. The molecule has 2 N–H and O–H groups in total. The maximum atomic E-state index is 13.6. The lowest BCUT2D eigenvalue weighted by molar-refractivity contribution is -0.0255. The highest BCUT2D eigenvalue weighted by atomic mass is 19.1. The number of aryl methyl sites for hydroxylation is 1. The van der Waals surface area contributed by atoms with Crippen molar-refractivity contribution in [1.29, 1.82) is 0 Å². The number of rotatable bonds is 5. The summed E-state index contributed by atoms with van der Waals surface area (Å²) in [6, 6.07) is 14.0. The lowest BCUT2D eigenvalue weighted by Crippen LogP contribution is -2.45. The molecule has 0 bridgehead atoms. The summed E-state index contributed by atoms with van der Waals surface area (Å²) < 4.78 is 13.6. The summed E-state index contributed by atoms with van der Waals surface area (Å²) >= 11 is 0. The van der Waals surface area contributed by atoms with E-state index in [-0.39, 0.29) is 5.56 Å².